The number of hydrogen-bond acceptors (Lipinski definition) is 9. The number of piperazine rings is 1. The minimum atomic E-state index is -1.52. The maximum atomic E-state index is 16.3. The van der Waals surface area contributed by atoms with Gasteiger partial charge in [0.2, 0.25) is 5.91 Å². The summed E-state index contributed by atoms with van der Waals surface area (Å²) in [5.74, 6) is -1.63. The zero-order chi connectivity index (χ0) is 34.6. The standard InChI is InChI=1S/C35H40F2N6O5/c1-7-28(45)41-15-20(5)42(16-19(41)4)33-23-13-25(37)30-29-24(36)9-8-10-27(29)48-17-26(44)32(46)22-11-12-40(14-18(2)3)21(6)31(22)43(34(23)38-30)35(47)39-33/h7-13,18-21,26,32,44,46H,1,14-17H2,2-6H3/t19-,20+,21-,26?,32?/m1/s1. The fourth-order valence-electron chi connectivity index (χ4n) is 6.89. The number of aliphatic hydroxyl groups is 2. The lowest BCUT2D eigenvalue weighted by molar-refractivity contribution is -0.128. The third-order valence-electron chi connectivity index (χ3n) is 9.27. The van der Waals surface area contributed by atoms with E-state index in [2.05, 4.69) is 16.5 Å². The van der Waals surface area contributed by atoms with Crippen LogP contribution in [0.1, 0.15) is 34.6 Å². The van der Waals surface area contributed by atoms with Crippen molar-refractivity contribution in [2.45, 2.75) is 65.0 Å². The first-order chi connectivity index (χ1) is 22.8. The fourth-order valence-corrected chi connectivity index (χ4v) is 6.89. The first kappa shape index (κ1) is 33.3. The second kappa shape index (κ2) is 12.8. The Hall–Kier alpha value is -4.62. The molecule has 3 aromatic rings. The van der Waals surface area contributed by atoms with Crippen molar-refractivity contribution in [1.29, 1.82) is 0 Å². The number of ether oxygens (including phenoxy) is 1. The lowest BCUT2D eigenvalue weighted by Crippen LogP contribution is -2.58. The molecule has 11 nitrogen and oxygen atoms in total. The summed E-state index contributed by atoms with van der Waals surface area (Å²) in [7, 11) is 0. The van der Waals surface area contributed by atoms with Crippen LogP contribution in [-0.2, 0) is 4.79 Å². The number of anilines is 1. The summed E-state index contributed by atoms with van der Waals surface area (Å²) in [6, 6.07) is 3.98. The fraction of sp³-hybridized carbons (Fsp3) is 0.429. The van der Waals surface area contributed by atoms with Gasteiger partial charge in [0.05, 0.1) is 22.7 Å². The van der Waals surface area contributed by atoms with Gasteiger partial charge in [0, 0.05) is 43.5 Å². The predicted octanol–water partition coefficient (Wildman–Crippen LogP) is 3.55. The Morgan fingerprint density at radius 3 is 2.58 bits per heavy atom. The summed E-state index contributed by atoms with van der Waals surface area (Å²) in [5, 5.41) is 22.8. The second-order valence-electron chi connectivity index (χ2n) is 13.1. The van der Waals surface area contributed by atoms with Gasteiger partial charge in [0.1, 0.15) is 41.9 Å². The number of benzene rings is 1. The van der Waals surface area contributed by atoms with Crippen molar-refractivity contribution in [1.82, 2.24) is 24.3 Å². The molecule has 48 heavy (non-hydrogen) atoms. The van der Waals surface area contributed by atoms with E-state index in [9.17, 15) is 19.8 Å². The zero-order valence-corrected chi connectivity index (χ0v) is 27.6. The molecule has 0 aliphatic carbocycles. The third-order valence-corrected chi connectivity index (χ3v) is 9.27. The molecule has 5 heterocycles. The van der Waals surface area contributed by atoms with Crippen molar-refractivity contribution >= 4 is 28.5 Å². The number of aliphatic hydroxyl groups excluding tert-OH is 2. The zero-order valence-electron chi connectivity index (χ0n) is 27.6. The third kappa shape index (κ3) is 5.64. The van der Waals surface area contributed by atoms with E-state index in [1.165, 1.54) is 28.8 Å². The molecule has 2 aromatic heterocycles. The monoisotopic (exact) mass is 662 g/mol. The molecule has 1 fully saturated rings. The van der Waals surface area contributed by atoms with Crippen molar-refractivity contribution in [3.8, 4) is 17.0 Å². The summed E-state index contributed by atoms with van der Waals surface area (Å²) in [5.41, 5.74) is -0.915. The van der Waals surface area contributed by atoms with Crippen molar-refractivity contribution < 1.29 is 28.5 Å². The highest BCUT2D eigenvalue weighted by atomic mass is 19.1. The van der Waals surface area contributed by atoms with Crippen LogP contribution in [0.25, 0.3) is 28.0 Å². The van der Waals surface area contributed by atoms with Crippen LogP contribution in [0.4, 0.5) is 14.6 Å². The number of hydrogen-bond donors (Lipinski definition) is 2. The Bertz CT molecular complexity index is 1910. The second-order valence-corrected chi connectivity index (χ2v) is 13.1. The van der Waals surface area contributed by atoms with E-state index in [0.29, 0.717) is 18.8 Å². The summed E-state index contributed by atoms with van der Waals surface area (Å²) >= 11 is 0. The molecule has 5 atom stereocenters. The molecule has 0 spiro atoms. The molecule has 254 valence electrons. The Kier molecular flexibility index (Phi) is 8.86. The van der Waals surface area contributed by atoms with E-state index in [1.807, 2.05) is 44.4 Å². The van der Waals surface area contributed by atoms with Gasteiger partial charge in [-0.3, -0.25) is 4.79 Å². The van der Waals surface area contributed by atoms with Gasteiger partial charge in [-0.1, -0.05) is 26.5 Å². The number of rotatable bonds is 4. The molecular weight excluding hydrogens is 622 g/mol. The number of pyridine rings is 1. The molecule has 0 radical (unpaired) electrons. The summed E-state index contributed by atoms with van der Waals surface area (Å²) < 4.78 is 38.9. The van der Waals surface area contributed by atoms with Crippen LogP contribution in [0.3, 0.4) is 0 Å². The smallest absolute Gasteiger partial charge is 0.355 e. The van der Waals surface area contributed by atoms with Gasteiger partial charge in [0.25, 0.3) is 0 Å². The van der Waals surface area contributed by atoms with E-state index in [-0.39, 0.29) is 69.9 Å². The molecule has 6 rings (SSSR count). The average molecular weight is 663 g/mol. The van der Waals surface area contributed by atoms with Crippen LogP contribution in [0, 0.1) is 17.6 Å². The molecule has 2 N–H and O–H groups in total. The van der Waals surface area contributed by atoms with Crippen LogP contribution >= 0.6 is 0 Å². The van der Waals surface area contributed by atoms with Crippen LogP contribution in [-0.4, -0.2) is 97.0 Å². The maximum Gasteiger partial charge on any atom is 0.355 e. The molecule has 2 bridgehead atoms. The molecule has 1 amide bonds. The lowest BCUT2D eigenvalue weighted by Gasteiger charge is -2.44. The van der Waals surface area contributed by atoms with Crippen molar-refractivity contribution in [3.05, 3.63) is 76.9 Å². The average Bonchev–Trinajstić information content (AvgIpc) is 3.04. The van der Waals surface area contributed by atoms with E-state index in [4.69, 9.17) is 4.74 Å². The molecule has 13 heteroatoms. The summed E-state index contributed by atoms with van der Waals surface area (Å²) in [6.07, 6.45) is 1.68. The Balaban J connectivity index is 1.68. The van der Waals surface area contributed by atoms with E-state index in [0.717, 1.165) is 6.07 Å². The number of fused-ring (bicyclic) bond motifs is 4. The number of aromatic nitrogens is 3. The Morgan fingerprint density at radius 1 is 1.12 bits per heavy atom. The Morgan fingerprint density at radius 2 is 1.88 bits per heavy atom. The van der Waals surface area contributed by atoms with Crippen LogP contribution in [0.2, 0.25) is 0 Å². The van der Waals surface area contributed by atoms with E-state index >= 15 is 8.78 Å². The highest BCUT2D eigenvalue weighted by Crippen LogP contribution is 2.39. The number of carbonyl (C=O) groups excluding carboxylic acids is 1. The SMILES string of the molecule is C=CC(=O)N1C[C@H](C)N(c2nc(=O)n3c4nc(c(F)cc24)-c2c(F)cccc2OCC(O)C(O)C2=C3[C@@H](C)N(CC(C)C)C=C2)C[C@H]1C. The number of nitrogens with zero attached hydrogens (tertiary/aromatic N) is 6. The topological polar surface area (TPSA) is 124 Å². The molecule has 0 saturated carbocycles. The number of halogens is 2. The van der Waals surface area contributed by atoms with E-state index in [1.54, 1.807) is 17.2 Å². The van der Waals surface area contributed by atoms with Gasteiger partial charge < -0.3 is 29.6 Å². The molecule has 1 saturated heterocycles. The maximum absolute atomic E-state index is 16.3. The van der Waals surface area contributed by atoms with Gasteiger partial charge in [-0.05, 0) is 57.0 Å². The molecule has 2 unspecified atom stereocenters. The highest BCUT2D eigenvalue weighted by Gasteiger charge is 2.37. The van der Waals surface area contributed by atoms with Crippen LogP contribution in [0.5, 0.6) is 5.75 Å². The van der Waals surface area contributed by atoms with Gasteiger partial charge in [-0.25, -0.2) is 23.1 Å². The first-order valence-corrected chi connectivity index (χ1v) is 16.1. The van der Waals surface area contributed by atoms with Crippen LogP contribution < -0.4 is 15.3 Å². The van der Waals surface area contributed by atoms with Gasteiger partial charge in [-0.2, -0.15) is 4.98 Å². The first-order valence-electron chi connectivity index (χ1n) is 16.1. The largest absolute Gasteiger partial charge is 0.490 e. The summed E-state index contributed by atoms with van der Waals surface area (Å²) in [6.45, 7) is 14.0. The van der Waals surface area contributed by atoms with Crippen molar-refractivity contribution in [2.24, 2.45) is 5.92 Å². The number of carbonyl (C=O) groups is 1. The van der Waals surface area contributed by atoms with Gasteiger partial charge >= 0.3 is 5.69 Å². The van der Waals surface area contributed by atoms with Crippen molar-refractivity contribution in [2.75, 3.05) is 31.1 Å². The van der Waals surface area contributed by atoms with Crippen LogP contribution in [0.15, 0.2) is 59.6 Å². The normalized spacial score (nSPS) is 24.3. The number of amides is 1. The predicted molar refractivity (Wildman–Crippen MR) is 178 cm³/mol. The van der Waals surface area contributed by atoms with Crippen molar-refractivity contribution in [3.63, 3.8) is 0 Å². The lowest BCUT2D eigenvalue weighted by atomic mass is 9.95. The highest BCUT2D eigenvalue weighted by molar-refractivity contribution is 5.92. The van der Waals surface area contributed by atoms with Gasteiger partial charge in [-0.15, -0.1) is 0 Å². The molecule has 3 aliphatic rings. The molecular formula is C35H40F2N6O5. The summed E-state index contributed by atoms with van der Waals surface area (Å²) in [4.78, 5) is 41.6. The van der Waals surface area contributed by atoms with E-state index < -0.39 is 42.2 Å². The minimum Gasteiger partial charge on any atom is -0.490 e. The molecule has 1 aromatic carbocycles. The molecule has 3 aliphatic heterocycles. The Labute approximate surface area is 277 Å². The van der Waals surface area contributed by atoms with Gasteiger partial charge in [0.15, 0.2) is 11.5 Å². The quantitative estimate of drug-likeness (QED) is 0.404. The minimum absolute atomic E-state index is 0.0125.